The van der Waals surface area contributed by atoms with Crippen molar-refractivity contribution in [3.63, 3.8) is 0 Å². The molecular weight excluding hydrogens is 309 g/mol. The smallest absolute Gasteiger partial charge is 0.423 e. The molecular formula is C16H30BN3O4. The van der Waals surface area contributed by atoms with Crippen LogP contribution >= 0.6 is 0 Å². The Labute approximate surface area is 144 Å². The summed E-state index contributed by atoms with van der Waals surface area (Å²) in [6.07, 6.45) is 3.22. The van der Waals surface area contributed by atoms with Crippen molar-refractivity contribution in [1.82, 2.24) is 14.7 Å². The predicted octanol–water partition coefficient (Wildman–Crippen LogP) is -0.370. The largest absolute Gasteiger partial charge is 0.495 e. The normalized spacial score (nSPS) is 20.4. The quantitative estimate of drug-likeness (QED) is 0.613. The summed E-state index contributed by atoms with van der Waals surface area (Å²) < 4.78 is 7.38. The van der Waals surface area contributed by atoms with E-state index in [0.29, 0.717) is 18.6 Å². The minimum Gasteiger partial charge on any atom is -0.423 e. The molecule has 3 N–H and O–H groups in total. The van der Waals surface area contributed by atoms with Crippen LogP contribution in [0.15, 0.2) is 6.20 Å². The highest BCUT2D eigenvalue weighted by atomic mass is 16.5. The van der Waals surface area contributed by atoms with Crippen LogP contribution in [0.3, 0.4) is 0 Å². The van der Waals surface area contributed by atoms with Crippen molar-refractivity contribution >= 4 is 12.6 Å². The van der Waals surface area contributed by atoms with Crippen molar-refractivity contribution in [2.24, 2.45) is 7.05 Å². The van der Waals surface area contributed by atoms with Gasteiger partial charge >= 0.3 is 7.12 Å². The molecule has 0 amide bonds. The molecule has 0 aromatic carbocycles. The highest BCUT2D eigenvalue weighted by Gasteiger charge is 2.40. The van der Waals surface area contributed by atoms with Crippen LogP contribution in [-0.4, -0.2) is 67.4 Å². The summed E-state index contributed by atoms with van der Waals surface area (Å²) in [6.45, 7) is 8.86. The van der Waals surface area contributed by atoms with Gasteiger partial charge in [-0.3, -0.25) is 9.58 Å². The zero-order chi connectivity index (χ0) is 18.1. The molecule has 7 nitrogen and oxygen atoms in total. The molecule has 136 valence electrons. The number of hydrogen-bond acceptors (Lipinski definition) is 6. The number of aliphatic hydroxyl groups excluding tert-OH is 1. The van der Waals surface area contributed by atoms with Gasteiger partial charge in [0.15, 0.2) is 0 Å². The van der Waals surface area contributed by atoms with Crippen molar-refractivity contribution in [2.75, 3.05) is 13.1 Å². The van der Waals surface area contributed by atoms with Crippen molar-refractivity contribution in [2.45, 2.75) is 64.4 Å². The van der Waals surface area contributed by atoms with E-state index in [-0.39, 0.29) is 6.10 Å². The average Bonchev–Trinajstić information content (AvgIpc) is 2.78. The topological polar surface area (TPSA) is 91.0 Å². The maximum absolute atomic E-state index is 10.5. The first-order valence-electron chi connectivity index (χ1n) is 8.50. The number of aryl methyl sites for hydroxylation is 1. The standard InChI is InChI=1S/C16H30BN3O4/c1-15(2,22)16(3,4)24-17(23)13-10-19(5)18-14(13)11-20-8-6-7-12(21)9-20/h10,12,21-23H,6-9,11H2,1-5H3. The van der Waals surface area contributed by atoms with E-state index in [1.807, 2.05) is 0 Å². The van der Waals surface area contributed by atoms with Crippen molar-refractivity contribution in [3.05, 3.63) is 11.9 Å². The molecule has 1 aliphatic heterocycles. The fraction of sp³-hybridized carbons (Fsp3) is 0.812. The van der Waals surface area contributed by atoms with Crippen LogP contribution in [0.1, 0.15) is 46.2 Å². The molecule has 1 aromatic heterocycles. The Bertz CT molecular complexity index is 556. The third kappa shape index (κ3) is 4.58. The molecule has 24 heavy (non-hydrogen) atoms. The van der Waals surface area contributed by atoms with E-state index in [1.165, 1.54) is 0 Å². The van der Waals surface area contributed by atoms with Crippen LogP contribution in [-0.2, 0) is 18.2 Å². The van der Waals surface area contributed by atoms with Crippen LogP contribution in [0.25, 0.3) is 0 Å². The molecule has 0 aliphatic carbocycles. The van der Waals surface area contributed by atoms with Crippen LogP contribution in [0, 0.1) is 0 Å². The Morgan fingerprint density at radius 3 is 2.62 bits per heavy atom. The molecule has 2 heterocycles. The number of likely N-dealkylation sites (tertiary alicyclic amines) is 1. The number of rotatable bonds is 6. The van der Waals surface area contributed by atoms with Gasteiger partial charge in [0.1, 0.15) is 0 Å². The van der Waals surface area contributed by atoms with Gasteiger partial charge in [-0.1, -0.05) is 0 Å². The lowest BCUT2D eigenvalue weighted by molar-refractivity contribution is -0.0983. The Morgan fingerprint density at radius 1 is 1.38 bits per heavy atom. The Kier molecular flexibility index (Phi) is 5.77. The predicted molar refractivity (Wildman–Crippen MR) is 92.8 cm³/mol. The maximum Gasteiger partial charge on any atom is 0.495 e. The van der Waals surface area contributed by atoms with E-state index in [9.17, 15) is 15.2 Å². The SMILES string of the molecule is Cn1cc(B(O)OC(C)(C)C(C)(C)O)c(CN2CCCC(O)C2)n1. The van der Waals surface area contributed by atoms with Gasteiger partial charge in [0.05, 0.1) is 23.0 Å². The van der Waals surface area contributed by atoms with Gasteiger partial charge in [-0.05, 0) is 47.1 Å². The van der Waals surface area contributed by atoms with Gasteiger partial charge in [-0.15, -0.1) is 0 Å². The summed E-state index contributed by atoms with van der Waals surface area (Å²) in [5.74, 6) is 0. The minimum absolute atomic E-state index is 0.304. The van der Waals surface area contributed by atoms with Gasteiger partial charge in [0.2, 0.25) is 0 Å². The Balaban J connectivity index is 2.13. The number of aliphatic hydroxyl groups is 2. The van der Waals surface area contributed by atoms with Crippen LogP contribution < -0.4 is 5.46 Å². The number of piperidine rings is 1. The van der Waals surface area contributed by atoms with Gasteiger partial charge < -0.3 is 19.9 Å². The first kappa shape index (κ1) is 19.4. The monoisotopic (exact) mass is 339 g/mol. The number of aromatic nitrogens is 2. The fourth-order valence-electron chi connectivity index (χ4n) is 2.76. The van der Waals surface area contributed by atoms with E-state index < -0.39 is 18.3 Å². The number of hydrogen-bond donors (Lipinski definition) is 3. The second kappa shape index (κ2) is 7.13. The van der Waals surface area contributed by atoms with Crippen molar-refractivity contribution in [1.29, 1.82) is 0 Å². The molecule has 1 atom stereocenters. The summed E-state index contributed by atoms with van der Waals surface area (Å²) in [5.41, 5.74) is -0.714. The van der Waals surface area contributed by atoms with Crippen LogP contribution in [0.4, 0.5) is 0 Å². The zero-order valence-electron chi connectivity index (χ0n) is 15.4. The molecule has 1 saturated heterocycles. The third-order valence-corrected chi connectivity index (χ3v) is 4.94. The summed E-state index contributed by atoms with van der Waals surface area (Å²) in [7, 11) is 0.621. The van der Waals surface area contributed by atoms with E-state index in [1.54, 1.807) is 45.6 Å². The lowest BCUT2D eigenvalue weighted by atomic mass is 9.76. The summed E-state index contributed by atoms with van der Waals surface area (Å²) in [4.78, 5) is 2.13. The Morgan fingerprint density at radius 2 is 2.04 bits per heavy atom. The first-order chi connectivity index (χ1) is 11.0. The third-order valence-electron chi connectivity index (χ3n) is 4.94. The molecule has 1 aromatic rings. The molecule has 0 bridgehead atoms. The number of nitrogens with zero attached hydrogens (tertiary/aromatic N) is 3. The van der Waals surface area contributed by atoms with Crippen molar-refractivity contribution < 1.29 is 19.9 Å². The molecule has 1 fully saturated rings. The van der Waals surface area contributed by atoms with Gasteiger partial charge in [-0.2, -0.15) is 5.10 Å². The van der Waals surface area contributed by atoms with Gasteiger partial charge in [-0.25, -0.2) is 0 Å². The highest BCUT2D eigenvalue weighted by Crippen LogP contribution is 2.25. The second-order valence-electron chi connectivity index (χ2n) is 7.78. The lowest BCUT2D eigenvalue weighted by Gasteiger charge is -2.38. The van der Waals surface area contributed by atoms with E-state index in [2.05, 4.69) is 10.00 Å². The lowest BCUT2D eigenvalue weighted by Crippen LogP contribution is -2.53. The Hall–Kier alpha value is -0.925. The molecule has 2 rings (SSSR count). The van der Waals surface area contributed by atoms with Crippen LogP contribution in [0.5, 0.6) is 0 Å². The van der Waals surface area contributed by atoms with Crippen LogP contribution in [0.2, 0.25) is 0 Å². The van der Waals surface area contributed by atoms with Crippen molar-refractivity contribution in [3.8, 4) is 0 Å². The van der Waals surface area contributed by atoms with Gasteiger partial charge in [0, 0.05) is 31.8 Å². The zero-order valence-corrected chi connectivity index (χ0v) is 15.4. The van der Waals surface area contributed by atoms with E-state index in [4.69, 9.17) is 4.65 Å². The minimum atomic E-state index is -1.18. The molecule has 1 unspecified atom stereocenters. The first-order valence-corrected chi connectivity index (χ1v) is 8.50. The molecule has 0 spiro atoms. The molecule has 8 heteroatoms. The molecule has 0 radical (unpaired) electrons. The summed E-state index contributed by atoms with van der Waals surface area (Å²) in [6, 6.07) is 0. The van der Waals surface area contributed by atoms with E-state index in [0.717, 1.165) is 25.1 Å². The summed E-state index contributed by atoms with van der Waals surface area (Å²) >= 11 is 0. The van der Waals surface area contributed by atoms with Gasteiger partial charge in [0.25, 0.3) is 0 Å². The average molecular weight is 339 g/mol. The molecule has 0 saturated carbocycles. The van der Waals surface area contributed by atoms with E-state index >= 15 is 0 Å². The summed E-state index contributed by atoms with van der Waals surface area (Å²) in [5, 5.41) is 35.0. The second-order valence-corrected chi connectivity index (χ2v) is 7.78. The molecule has 1 aliphatic rings. The maximum atomic E-state index is 10.5. The number of β-amino-alcohol motifs (C(OH)–C–C–N with tert-alkyl or cyclic N) is 1. The fourth-order valence-corrected chi connectivity index (χ4v) is 2.76. The highest BCUT2D eigenvalue weighted by molar-refractivity contribution is 6.60.